The Hall–Kier alpha value is -1.36. The first-order valence-corrected chi connectivity index (χ1v) is 6.37. The van der Waals surface area contributed by atoms with Crippen molar-refractivity contribution >= 4 is 28.6 Å². The van der Waals surface area contributed by atoms with Gasteiger partial charge in [-0.05, 0) is 18.8 Å². The molecule has 0 aliphatic carbocycles. The second-order valence-corrected chi connectivity index (χ2v) is 4.69. The number of anilines is 1. The van der Waals surface area contributed by atoms with E-state index in [1.165, 1.54) is 0 Å². The number of fused-ring (bicyclic) bond motifs is 1. The van der Waals surface area contributed by atoms with Gasteiger partial charge in [-0.3, -0.25) is 0 Å². The molecule has 0 radical (unpaired) electrons. The number of hydrogen-bond donors (Lipinski definition) is 1. The van der Waals surface area contributed by atoms with Gasteiger partial charge in [0.25, 0.3) is 0 Å². The van der Waals surface area contributed by atoms with Crippen molar-refractivity contribution in [2.45, 2.75) is 12.8 Å². The van der Waals surface area contributed by atoms with E-state index in [4.69, 9.17) is 11.6 Å². The minimum Gasteiger partial charge on any atom is -0.355 e. The first-order chi connectivity index (χ1) is 8.38. The molecule has 0 saturated carbocycles. The normalized spacial score (nSPS) is 17.8. The Morgan fingerprint density at radius 1 is 1.29 bits per heavy atom. The molecule has 6 heteroatoms. The Balaban J connectivity index is 1.87. The molecule has 17 heavy (non-hydrogen) atoms. The zero-order chi connectivity index (χ0) is 11.7. The molecule has 0 amide bonds. The Bertz CT molecular complexity index is 503. The molecule has 1 aliphatic rings. The Labute approximate surface area is 104 Å². The third kappa shape index (κ3) is 1.95. The number of hydrogen-bond acceptors (Lipinski definition) is 4. The van der Waals surface area contributed by atoms with Gasteiger partial charge in [-0.2, -0.15) is 0 Å². The van der Waals surface area contributed by atoms with Crippen LogP contribution in [0.5, 0.6) is 0 Å². The van der Waals surface area contributed by atoms with Crippen LogP contribution in [-0.2, 0) is 0 Å². The first kappa shape index (κ1) is 10.8. The lowest BCUT2D eigenvalue weighted by atomic mass is 9.99. The molecule has 0 unspecified atom stereocenters. The molecular formula is C11H14ClN5. The van der Waals surface area contributed by atoms with Crippen molar-refractivity contribution in [3.63, 3.8) is 0 Å². The molecule has 1 aliphatic heterocycles. The summed E-state index contributed by atoms with van der Waals surface area (Å²) in [6, 6.07) is 0. The average molecular weight is 252 g/mol. The molecule has 5 nitrogen and oxygen atoms in total. The molecule has 2 aromatic heterocycles. The summed E-state index contributed by atoms with van der Waals surface area (Å²) >= 11 is 5.89. The van der Waals surface area contributed by atoms with Gasteiger partial charge in [0.1, 0.15) is 11.8 Å². The van der Waals surface area contributed by atoms with Crippen LogP contribution in [0.3, 0.4) is 0 Å². The number of nitrogens with one attached hydrogen (secondary N) is 1. The fraction of sp³-hybridized carbons (Fsp3) is 0.545. The van der Waals surface area contributed by atoms with E-state index in [1.807, 2.05) is 0 Å². The summed E-state index contributed by atoms with van der Waals surface area (Å²) in [5, 5.41) is 0. The smallest absolute Gasteiger partial charge is 0.182 e. The predicted molar refractivity (Wildman–Crippen MR) is 67.3 cm³/mol. The highest BCUT2D eigenvalue weighted by atomic mass is 35.5. The fourth-order valence-electron chi connectivity index (χ4n) is 2.29. The van der Waals surface area contributed by atoms with Crippen molar-refractivity contribution < 1.29 is 0 Å². The van der Waals surface area contributed by atoms with Gasteiger partial charge >= 0.3 is 0 Å². The molecule has 1 saturated heterocycles. The molecule has 0 bridgehead atoms. The van der Waals surface area contributed by atoms with E-state index in [-0.39, 0.29) is 0 Å². The number of H-pyrrole nitrogens is 1. The van der Waals surface area contributed by atoms with Crippen LogP contribution in [0.4, 0.5) is 5.82 Å². The van der Waals surface area contributed by atoms with Crippen LogP contribution in [-0.4, -0.2) is 38.9 Å². The predicted octanol–water partition coefficient (Wildman–Crippen LogP) is 1.81. The summed E-state index contributed by atoms with van der Waals surface area (Å²) in [7, 11) is 0. The van der Waals surface area contributed by atoms with Crippen molar-refractivity contribution in [1.82, 2.24) is 19.9 Å². The molecule has 0 spiro atoms. The van der Waals surface area contributed by atoms with Crippen LogP contribution in [0.25, 0.3) is 11.2 Å². The number of aromatic amines is 1. The zero-order valence-corrected chi connectivity index (χ0v) is 10.2. The monoisotopic (exact) mass is 251 g/mol. The lowest BCUT2D eigenvalue weighted by Crippen LogP contribution is -2.34. The van der Waals surface area contributed by atoms with E-state index in [9.17, 15) is 0 Å². The number of nitrogens with zero attached hydrogens (tertiary/aromatic N) is 4. The molecule has 90 valence electrons. The maximum Gasteiger partial charge on any atom is 0.182 e. The highest BCUT2D eigenvalue weighted by molar-refractivity contribution is 6.18. The van der Waals surface area contributed by atoms with Gasteiger partial charge in [0.05, 0.1) is 6.33 Å². The van der Waals surface area contributed by atoms with Crippen molar-refractivity contribution in [3.8, 4) is 0 Å². The Morgan fingerprint density at radius 2 is 2.12 bits per heavy atom. The summed E-state index contributed by atoms with van der Waals surface area (Å²) in [5.74, 6) is 2.37. The quantitative estimate of drug-likeness (QED) is 0.827. The summed E-state index contributed by atoms with van der Waals surface area (Å²) in [6.45, 7) is 2.00. The number of aromatic nitrogens is 4. The second kappa shape index (κ2) is 4.49. The van der Waals surface area contributed by atoms with E-state index in [0.717, 1.165) is 48.8 Å². The largest absolute Gasteiger partial charge is 0.355 e. The molecule has 1 fully saturated rings. The van der Waals surface area contributed by atoms with Gasteiger partial charge < -0.3 is 9.88 Å². The van der Waals surface area contributed by atoms with Crippen molar-refractivity contribution in [2.75, 3.05) is 23.9 Å². The summed E-state index contributed by atoms with van der Waals surface area (Å²) in [5.41, 5.74) is 1.66. The maximum atomic E-state index is 5.89. The molecule has 0 aromatic carbocycles. The van der Waals surface area contributed by atoms with E-state index >= 15 is 0 Å². The fourth-order valence-corrected chi connectivity index (χ4v) is 2.60. The van der Waals surface area contributed by atoms with Gasteiger partial charge in [-0.1, -0.05) is 0 Å². The van der Waals surface area contributed by atoms with E-state index in [0.29, 0.717) is 5.92 Å². The lowest BCUT2D eigenvalue weighted by Gasteiger charge is -2.31. The summed E-state index contributed by atoms with van der Waals surface area (Å²) in [6.07, 6.45) is 5.49. The molecule has 2 aromatic rings. The van der Waals surface area contributed by atoms with Crippen LogP contribution in [0.1, 0.15) is 12.8 Å². The average Bonchev–Trinajstić information content (AvgIpc) is 2.87. The first-order valence-electron chi connectivity index (χ1n) is 5.83. The van der Waals surface area contributed by atoms with Crippen LogP contribution >= 0.6 is 11.6 Å². The number of piperidine rings is 1. The molecule has 0 atom stereocenters. The van der Waals surface area contributed by atoms with Crippen molar-refractivity contribution in [1.29, 1.82) is 0 Å². The van der Waals surface area contributed by atoms with Gasteiger partial charge in [0.2, 0.25) is 0 Å². The van der Waals surface area contributed by atoms with Gasteiger partial charge in [-0.15, -0.1) is 11.6 Å². The number of alkyl halides is 1. The van der Waals surface area contributed by atoms with Gasteiger partial charge in [-0.25, -0.2) is 15.0 Å². The van der Waals surface area contributed by atoms with Gasteiger partial charge in [0, 0.05) is 19.0 Å². The molecule has 3 rings (SSSR count). The third-order valence-corrected chi connectivity index (χ3v) is 3.77. The number of halogens is 1. The topological polar surface area (TPSA) is 57.7 Å². The standard InChI is InChI=1S/C11H14ClN5/c12-5-8-1-3-17(4-2-8)11-9-10(14-6-13-9)15-7-16-11/h6-8H,1-5H2,(H,13,14,15,16). The SMILES string of the molecule is ClCC1CCN(c2ncnc3nc[nH]c23)CC1. The second-order valence-electron chi connectivity index (χ2n) is 4.38. The lowest BCUT2D eigenvalue weighted by molar-refractivity contribution is 0.441. The third-order valence-electron chi connectivity index (χ3n) is 3.34. The molecular weight excluding hydrogens is 238 g/mol. The highest BCUT2D eigenvalue weighted by Gasteiger charge is 2.21. The Morgan fingerprint density at radius 3 is 2.88 bits per heavy atom. The summed E-state index contributed by atoms with van der Waals surface area (Å²) < 4.78 is 0. The van der Waals surface area contributed by atoms with E-state index < -0.39 is 0 Å². The van der Waals surface area contributed by atoms with E-state index in [1.54, 1.807) is 12.7 Å². The maximum absolute atomic E-state index is 5.89. The minimum absolute atomic E-state index is 0.645. The van der Waals surface area contributed by atoms with Crippen LogP contribution in [0, 0.1) is 5.92 Å². The van der Waals surface area contributed by atoms with Crippen LogP contribution in [0.2, 0.25) is 0 Å². The Kier molecular flexibility index (Phi) is 2.84. The van der Waals surface area contributed by atoms with E-state index in [2.05, 4.69) is 24.8 Å². The number of rotatable bonds is 2. The minimum atomic E-state index is 0.645. The zero-order valence-electron chi connectivity index (χ0n) is 9.43. The van der Waals surface area contributed by atoms with Crippen molar-refractivity contribution in [2.24, 2.45) is 5.92 Å². The highest BCUT2D eigenvalue weighted by Crippen LogP contribution is 2.25. The van der Waals surface area contributed by atoms with Gasteiger partial charge in [0.15, 0.2) is 11.5 Å². The molecule has 1 N–H and O–H groups in total. The van der Waals surface area contributed by atoms with Crippen LogP contribution in [0.15, 0.2) is 12.7 Å². The summed E-state index contributed by atoms with van der Waals surface area (Å²) in [4.78, 5) is 18.0. The number of imidazole rings is 1. The van der Waals surface area contributed by atoms with Crippen LogP contribution < -0.4 is 4.90 Å². The van der Waals surface area contributed by atoms with Crippen molar-refractivity contribution in [3.05, 3.63) is 12.7 Å². The molecule has 3 heterocycles.